The van der Waals surface area contributed by atoms with Crippen LogP contribution in [0.4, 0.5) is 5.69 Å². The maximum atomic E-state index is 10.7. The second-order valence-corrected chi connectivity index (χ2v) is 4.07. The Bertz CT molecular complexity index is 395. The number of nitrogens with zero attached hydrogens (tertiary/aromatic N) is 1. The normalized spacial score (nSPS) is 10.6. The summed E-state index contributed by atoms with van der Waals surface area (Å²) in [5, 5.41) is 11.1. The van der Waals surface area contributed by atoms with E-state index in [1.54, 1.807) is 0 Å². The molecule has 0 aliphatic rings. The summed E-state index contributed by atoms with van der Waals surface area (Å²) in [6.45, 7) is 4.43. The van der Waals surface area contributed by atoms with Gasteiger partial charge in [0.15, 0.2) is 5.75 Å². The highest BCUT2D eigenvalue weighted by molar-refractivity contribution is 6.30. The predicted molar refractivity (Wildman–Crippen MR) is 64.7 cm³/mol. The standard InChI is InChI=1S/C11H14ClNO4/c1-8(2)16-5-6-17-11-7-9(12)3-4-10(11)13(14)15/h3-4,7-8H,5-6H2,1-2H3. The Hall–Kier alpha value is -1.33. The molecule has 0 atom stereocenters. The van der Waals surface area contributed by atoms with Gasteiger partial charge in [0.05, 0.1) is 17.6 Å². The van der Waals surface area contributed by atoms with Gasteiger partial charge in [-0.2, -0.15) is 0 Å². The van der Waals surface area contributed by atoms with Crippen molar-refractivity contribution in [2.24, 2.45) is 0 Å². The van der Waals surface area contributed by atoms with E-state index in [1.165, 1.54) is 18.2 Å². The molecule has 1 aromatic carbocycles. The molecule has 0 aromatic heterocycles. The molecule has 0 saturated heterocycles. The fourth-order valence-corrected chi connectivity index (χ4v) is 1.35. The lowest BCUT2D eigenvalue weighted by Gasteiger charge is -2.09. The van der Waals surface area contributed by atoms with E-state index in [1.807, 2.05) is 13.8 Å². The smallest absolute Gasteiger partial charge is 0.311 e. The number of ether oxygens (including phenoxy) is 2. The van der Waals surface area contributed by atoms with E-state index in [2.05, 4.69) is 0 Å². The van der Waals surface area contributed by atoms with Crippen molar-refractivity contribution >= 4 is 17.3 Å². The zero-order valence-corrected chi connectivity index (χ0v) is 10.4. The highest BCUT2D eigenvalue weighted by atomic mass is 35.5. The molecule has 0 bridgehead atoms. The summed E-state index contributed by atoms with van der Waals surface area (Å²) >= 11 is 5.75. The first-order valence-corrected chi connectivity index (χ1v) is 5.57. The van der Waals surface area contributed by atoms with Gasteiger partial charge >= 0.3 is 5.69 Å². The summed E-state index contributed by atoms with van der Waals surface area (Å²) < 4.78 is 10.5. The second-order valence-electron chi connectivity index (χ2n) is 3.64. The van der Waals surface area contributed by atoms with Crippen LogP contribution < -0.4 is 4.74 Å². The number of nitro benzene ring substituents is 1. The first-order valence-electron chi connectivity index (χ1n) is 5.19. The van der Waals surface area contributed by atoms with E-state index in [0.717, 1.165) is 0 Å². The molecule has 6 heteroatoms. The van der Waals surface area contributed by atoms with Crippen molar-refractivity contribution in [2.75, 3.05) is 13.2 Å². The van der Waals surface area contributed by atoms with Crippen molar-refractivity contribution in [1.29, 1.82) is 0 Å². The second kappa shape index (κ2) is 6.42. The molecule has 0 amide bonds. The van der Waals surface area contributed by atoms with Crippen LogP contribution in [0.2, 0.25) is 5.02 Å². The quantitative estimate of drug-likeness (QED) is 0.447. The Kier molecular flexibility index (Phi) is 5.18. The summed E-state index contributed by atoms with van der Waals surface area (Å²) in [6.07, 6.45) is 0.105. The average molecular weight is 260 g/mol. The Morgan fingerprint density at radius 3 is 2.71 bits per heavy atom. The first kappa shape index (κ1) is 13.7. The number of hydrogen-bond acceptors (Lipinski definition) is 4. The molecule has 0 saturated carbocycles. The molecule has 1 rings (SSSR count). The molecule has 5 nitrogen and oxygen atoms in total. The molecule has 94 valence electrons. The first-order chi connectivity index (χ1) is 8.00. The maximum absolute atomic E-state index is 10.7. The minimum absolute atomic E-state index is 0.0982. The average Bonchev–Trinajstić information content (AvgIpc) is 2.23. The van der Waals surface area contributed by atoms with Crippen LogP contribution in [0.3, 0.4) is 0 Å². The van der Waals surface area contributed by atoms with Crippen LogP contribution in [0, 0.1) is 10.1 Å². The number of hydrogen-bond donors (Lipinski definition) is 0. The third-order valence-corrected chi connectivity index (χ3v) is 2.15. The summed E-state index contributed by atoms with van der Waals surface area (Å²) in [4.78, 5) is 10.2. The van der Waals surface area contributed by atoms with Crippen molar-refractivity contribution in [3.05, 3.63) is 33.3 Å². The van der Waals surface area contributed by atoms with E-state index < -0.39 is 4.92 Å². The molecule has 0 heterocycles. The Morgan fingerprint density at radius 1 is 1.41 bits per heavy atom. The van der Waals surface area contributed by atoms with Gasteiger partial charge in [-0.1, -0.05) is 11.6 Å². The topological polar surface area (TPSA) is 61.6 Å². The van der Waals surface area contributed by atoms with Gasteiger partial charge in [0.1, 0.15) is 6.61 Å². The largest absolute Gasteiger partial charge is 0.484 e. The van der Waals surface area contributed by atoms with Crippen LogP contribution in [-0.4, -0.2) is 24.2 Å². The third kappa shape index (κ3) is 4.58. The zero-order valence-electron chi connectivity index (χ0n) is 9.68. The highest BCUT2D eigenvalue weighted by Crippen LogP contribution is 2.29. The fourth-order valence-electron chi connectivity index (χ4n) is 1.19. The molecule has 0 aliphatic heterocycles. The van der Waals surface area contributed by atoms with Crippen LogP contribution in [0.25, 0.3) is 0 Å². The minimum Gasteiger partial charge on any atom is -0.484 e. The Morgan fingerprint density at radius 2 is 2.12 bits per heavy atom. The molecule has 1 aromatic rings. The summed E-state index contributed by atoms with van der Waals surface area (Å²) in [7, 11) is 0. The number of benzene rings is 1. The van der Waals surface area contributed by atoms with Gasteiger partial charge in [-0.05, 0) is 19.9 Å². The van der Waals surface area contributed by atoms with E-state index in [-0.39, 0.29) is 24.1 Å². The van der Waals surface area contributed by atoms with Crippen LogP contribution in [0.5, 0.6) is 5.75 Å². The predicted octanol–water partition coefficient (Wildman–Crippen LogP) is 3.05. The van der Waals surface area contributed by atoms with E-state index >= 15 is 0 Å². The lowest BCUT2D eigenvalue weighted by Crippen LogP contribution is -2.11. The van der Waals surface area contributed by atoms with E-state index in [9.17, 15) is 10.1 Å². The van der Waals surface area contributed by atoms with E-state index in [4.69, 9.17) is 21.1 Å². The van der Waals surface area contributed by atoms with Crippen molar-refractivity contribution in [3.8, 4) is 5.75 Å². The van der Waals surface area contributed by atoms with Crippen molar-refractivity contribution in [2.45, 2.75) is 20.0 Å². The summed E-state index contributed by atoms with van der Waals surface area (Å²) in [6, 6.07) is 4.20. The maximum Gasteiger partial charge on any atom is 0.311 e. The van der Waals surface area contributed by atoms with Gasteiger partial charge in [-0.3, -0.25) is 10.1 Å². The zero-order chi connectivity index (χ0) is 12.8. The molecular formula is C11H14ClNO4. The SMILES string of the molecule is CC(C)OCCOc1cc(Cl)ccc1[N+](=O)[O-]. The van der Waals surface area contributed by atoms with Gasteiger partial charge < -0.3 is 9.47 Å². The molecule has 0 unspecified atom stereocenters. The molecular weight excluding hydrogens is 246 g/mol. The monoisotopic (exact) mass is 259 g/mol. The number of halogens is 1. The Balaban J connectivity index is 2.62. The van der Waals surface area contributed by atoms with Crippen LogP contribution in [0.1, 0.15) is 13.8 Å². The molecule has 0 aliphatic carbocycles. The Labute approximate surface area is 104 Å². The van der Waals surface area contributed by atoms with Gasteiger partial charge in [-0.25, -0.2) is 0 Å². The van der Waals surface area contributed by atoms with Crippen LogP contribution in [-0.2, 0) is 4.74 Å². The van der Waals surface area contributed by atoms with Crippen molar-refractivity contribution in [3.63, 3.8) is 0 Å². The van der Waals surface area contributed by atoms with Crippen LogP contribution >= 0.6 is 11.6 Å². The lowest BCUT2D eigenvalue weighted by molar-refractivity contribution is -0.385. The van der Waals surface area contributed by atoms with Crippen LogP contribution in [0.15, 0.2) is 18.2 Å². The number of nitro groups is 1. The number of rotatable bonds is 6. The lowest BCUT2D eigenvalue weighted by atomic mass is 10.3. The minimum atomic E-state index is -0.505. The van der Waals surface area contributed by atoms with Gasteiger partial charge in [0.25, 0.3) is 0 Å². The van der Waals surface area contributed by atoms with Crippen molar-refractivity contribution in [1.82, 2.24) is 0 Å². The van der Waals surface area contributed by atoms with Gasteiger partial charge in [0, 0.05) is 17.2 Å². The molecule has 0 spiro atoms. The van der Waals surface area contributed by atoms with Gasteiger partial charge in [-0.15, -0.1) is 0 Å². The summed E-state index contributed by atoms with van der Waals surface area (Å²) in [5.74, 6) is 0.162. The van der Waals surface area contributed by atoms with Gasteiger partial charge in [0.2, 0.25) is 0 Å². The molecule has 17 heavy (non-hydrogen) atoms. The molecule has 0 N–H and O–H groups in total. The molecule has 0 radical (unpaired) electrons. The molecule has 0 fully saturated rings. The highest BCUT2D eigenvalue weighted by Gasteiger charge is 2.15. The fraction of sp³-hybridized carbons (Fsp3) is 0.455. The van der Waals surface area contributed by atoms with Crippen molar-refractivity contribution < 1.29 is 14.4 Å². The van der Waals surface area contributed by atoms with E-state index in [0.29, 0.717) is 11.6 Å². The third-order valence-electron chi connectivity index (χ3n) is 1.91. The summed E-state index contributed by atoms with van der Waals surface area (Å²) in [5.41, 5.74) is -0.0982.